The summed E-state index contributed by atoms with van der Waals surface area (Å²) in [5.41, 5.74) is 1.69. The van der Waals surface area contributed by atoms with Crippen LogP contribution in [0, 0.1) is 12.7 Å². The van der Waals surface area contributed by atoms with Gasteiger partial charge in [0.2, 0.25) is 0 Å². The van der Waals surface area contributed by atoms with E-state index in [-0.39, 0.29) is 0 Å². The van der Waals surface area contributed by atoms with Crippen molar-refractivity contribution in [3.05, 3.63) is 47.7 Å². The maximum absolute atomic E-state index is 14.2. The normalized spacial score (nSPS) is 12.2. The quantitative estimate of drug-likeness (QED) is 0.504. The topological polar surface area (TPSA) is 58.5 Å². The SMILES string of the molecule is CCNc1cc(F)cc2c1[nH]c1ncc(C)c(-n3ccc(C(F)(F)F)n3)c12. The summed E-state index contributed by atoms with van der Waals surface area (Å²) < 4.78 is 54.2. The number of nitrogens with zero attached hydrogens (tertiary/aromatic N) is 3. The number of pyridine rings is 1. The number of rotatable bonds is 3. The van der Waals surface area contributed by atoms with E-state index in [2.05, 4.69) is 20.4 Å². The molecule has 3 aromatic heterocycles. The van der Waals surface area contributed by atoms with Gasteiger partial charge < -0.3 is 10.3 Å². The summed E-state index contributed by atoms with van der Waals surface area (Å²) in [6, 6.07) is 3.61. The molecule has 5 nitrogen and oxygen atoms in total. The van der Waals surface area contributed by atoms with Gasteiger partial charge in [0.15, 0.2) is 5.69 Å². The van der Waals surface area contributed by atoms with Crippen LogP contribution in [0.4, 0.5) is 23.2 Å². The lowest BCUT2D eigenvalue weighted by Gasteiger charge is -2.09. The smallest absolute Gasteiger partial charge is 0.384 e. The van der Waals surface area contributed by atoms with Gasteiger partial charge in [-0.1, -0.05) is 0 Å². The standard InChI is InChI=1S/C18H15F4N5/c1-3-23-12-7-10(19)6-11-14-16(9(2)8-24-17(14)25-15(11)12)27-5-4-13(26-27)18(20,21)22/h4-8,23H,3H2,1-2H3,(H,24,25). The molecule has 0 aliphatic carbocycles. The fourth-order valence-electron chi connectivity index (χ4n) is 3.23. The monoisotopic (exact) mass is 377 g/mol. The predicted molar refractivity (Wildman–Crippen MR) is 94.6 cm³/mol. The molecule has 0 amide bonds. The minimum atomic E-state index is -4.55. The predicted octanol–water partition coefficient (Wildman–Crippen LogP) is 4.80. The van der Waals surface area contributed by atoms with Crippen molar-refractivity contribution in [3.63, 3.8) is 0 Å². The number of aromatic amines is 1. The van der Waals surface area contributed by atoms with Crippen LogP contribution in [0.2, 0.25) is 0 Å². The Balaban J connectivity index is 2.06. The van der Waals surface area contributed by atoms with Gasteiger partial charge in [0.05, 0.1) is 22.3 Å². The number of alkyl halides is 3. The summed E-state index contributed by atoms with van der Waals surface area (Å²) in [6.07, 6.45) is -1.75. The Labute approximate surface area is 151 Å². The van der Waals surface area contributed by atoms with Crippen molar-refractivity contribution < 1.29 is 17.6 Å². The minimum Gasteiger partial charge on any atom is -0.384 e. The van der Waals surface area contributed by atoms with Gasteiger partial charge >= 0.3 is 6.18 Å². The van der Waals surface area contributed by atoms with Gasteiger partial charge in [-0.15, -0.1) is 0 Å². The molecule has 0 saturated carbocycles. The number of fused-ring (bicyclic) bond motifs is 3. The van der Waals surface area contributed by atoms with E-state index in [1.807, 2.05) is 6.92 Å². The Morgan fingerprint density at radius 3 is 2.70 bits per heavy atom. The van der Waals surface area contributed by atoms with E-state index in [9.17, 15) is 17.6 Å². The second-order valence-electron chi connectivity index (χ2n) is 6.19. The first-order valence-corrected chi connectivity index (χ1v) is 8.27. The molecule has 0 spiro atoms. The number of hydrogen-bond acceptors (Lipinski definition) is 3. The number of halogens is 4. The molecule has 0 unspecified atom stereocenters. The molecule has 2 N–H and O–H groups in total. The average molecular weight is 377 g/mol. The van der Waals surface area contributed by atoms with E-state index in [0.717, 1.165) is 10.7 Å². The zero-order valence-corrected chi connectivity index (χ0v) is 14.4. The van der Waals surface area contributed by atoms with Crippen LogP contribution in [-0.4, -0.2) is 26.3 Å². The summed E-state index contributed by atoms with van der Waals surface area (Å²) in [5, 5.41) is 7.79. The van der Waals surface area contributed by atoms with Crippen LogP contribution in [0.3, 0.4) is 0 Å². The van der Waals surface area contributed by atoms with Crippen LogP contribution in [0.15, 0.2) is 30.6 Å². The van der Waals surface area contributed by atoms with Crippen molar-refractivity contribution >= 4 is 27.6 Å². The van der Waals surface area contributed by atoms with E-state index >= 15 is 0 Å². The molecule has 1 aromatic carbocycles. The maximum atomic E-state index is 14.2. The van der Waals surface area contributed by atoms with Crippen LogP contribution in [-0.2, 0) is 6.18 Å². The van der Waals surface area contributed by atoms with Crippen LogP contribution >= 0.6 is 0 Å². The Hall–Kier alpha value is -3.10. The zero-order valence-electron chi connectivity index (χ0n) is 14.4. The number of benzene rings is 1. The first-order valence-electron chi connectivity index (χ1n) is 8.27. The molecule has 0 bridgehead atoms. The summed E-state index contributed by atoms with van der Waals surface area (Å²) in [5.74, 6) is -0.455. The Kier molecular flexibility index (Phi) is 3.83. The third-order valence-corrected chi connectivity index (χ3v) is 4.33. The van der Waals surface area contributed by atoms with Gasteiger partial charge in [-0.2, -0.15) is 18.3 Å². The molecule has 4 aromatic rings. The van der Waals surface area contributed by atoms with E-state index in [0.29, 0.717) is 45.4 Å². The zero-order chi connectivity index (χ0) is 19.3. The highest BCUT2D eigenvalue weighted by Crippen LogP contribution is 2.36. The number of anilines is 1. The van der Waals surface area contributed by atoms with Gasteiger partial charge in [0.25, 0.3) is 0 Å². The Morgan fingerprint density at radius 2 is 2.04 bits per heavy atom. The highest BCUT2D eigenvalue weighted by Gasteiger charge is 2.34. The van der Waals surface area contributed by atoms with Crippen molar-refractivity contribution in [1.82, 2.24) is 19.7 Å². The third-order valence-electron chi connectivity index (χ3n) is 4.33. The summed E-state index contributed by atoms with van der Waals surface area (Å²) in [7, 11) is 0. The van der Waals surface area contributed by atoms with E-state index in [1.165, 1.54) is 18.3 Å². The second-order valence-corrected chi connectivity index (χ2v) is 6.19. The first-order chi connectivity index (χ1) is 12.8. The molecule has 3 heterocycles. The number of H-pyrrole nitrogens is 1. The van der Waals surface area contributed by atoms with Crippen LogP contribution in [0.25, 0.3) is 27.6 Å². The molecule has 0 saturated heterocycles. The fraction of sp³-hybridized carbons (Fsp3) is 0.222. The summed E-state index contributed by atoms with van der Waals surface area (Å²) >= 11 is 0. The maximum Gasteiger partial charge on any atom is 0.435 e. The molecular weight excluding hydrogens is 362 g/mol. The highest BCUT2D eigenvalue weighted by atomic mass is 19.4. The van der Waals surface area contributed by atoms with Gasteiger partial charge in [-0.25, -0.2) is 14.1 Å². The third kappa shape index (κ3) is 2.79. The number of aromatic nitrogens is 4. The van der Waals surface area contributed by atoms with Crippen LogP contribution in [0.5, 0.6) is 0 Å². The Morgan fingerprint density at radius 1 is 1.26 bits per heavy atom. The van der Waals surface area contributed by atoms with Crippen molar-refractivity contribution in [2.45, 2.75) is 20.0 Å². The number of aryl methyl sites for hydroxylation is 1. The van der Waals surface area contributed by atoms with E-state index < -0.39 is 17.7 Å². The molecule has 0 atom stereocenters. The van der Waals surface area contributed by atoms with Crippen LogP contribution in [0.1, 0.15) is 18.2 Å². The lowest BCUT2D eigenvalue weighted by Crippen LogP contribution is -2.08. The first kappa shape index (κ1) is 17.3. The molecule has 0 aliphatic rings. The van der Waals surface area contributed by atoms with Crippen LogP contribution < -0.4 is 5.32 Å². The number of hydrogen-bond donors (Lipinski definition) is 2. The van der Waals surface area contributed by atoms with Crippen molar-refractivity contribution in [1.29, 1.82) is 0 Å². The van der Waals surface area contributed by atoms with Crippen molar-refractivity contribution in [2.75, 3.05) is 11.9 Å². The molecule has 9 heteroatoms. The van der Waals surface area contributed by atoms with Gasteiger partial charge in [0.1, 0.15) is 11.5 Å². The molecular formula is C18H15F4N5. The molecule has 0 fully saturated rings. The lowest BCUT2D eigenvalue weighted by atomic mass is 10.1. The number of nitrogens with one attached hydrogen (secondary N) is 2. The molecule has 4 rings (SSSR count). The van der Waals surface area contributed by atoms with Crippen molar-refractivity contribution in [3.8, 4) is 5.69 Å². The molecule has 0 radical (unpaired) electrons. The Bertz CT molecular complexity index is 1160. The van der Waals surface area contributed by atoms with Crippen molar-refractivity contribution in [2.24, 2.45) is 0 Å². The molecule has 0 aliphatic heterocycles. The van der Waals surface area contributed by atoms with Gasteiger partial charge in [0, 0.05) is 24.3 Å². The second kappa shape index (κ2) is 5.97. The van der Waals surface area contributed by atoms with E-state index in [4.69, 9.17) is 0 Å². The van der Waals surface area contributed by atoms with Gasteiger partial charge in [-0.3, -0.25) is 0 Å². The lowest BCUT2D eigenvalue weighted by molar-refractivity contribution is -0.141. The fourth-order valence-corrected chi connectivity index (χ4v) is 3.23. The summed E-state index contributed by atoms with van der Waals surface area (Å²) in [4.78, 5) is 7.45. The average Bonchev–Trinajstić information content (AvgIpc) is 3.20. The minimum absolute atomic E-state index is 0.426. The largest absolute Gasteiger partial charge is 0.435 e. The molecule has 140 valence electrons. The molecule has 27 heavy (non-hydrogen) atoms. The summed E-state index contributed by atoms with van der Waals surface area (Å²) in [6.45, 7) is 4.19. The van der Waals surface area contributed by atoms with Gasteiger partial charge in [-0.05, 0) is 37.6 Å². The highest BCUT2D eigenvalue weighted by molar-refractivity contribution is 6.13. The van der Waals surface area contributed by atoms with E-state index in [1.54, 1.807) is 13.1 Å².